The van der Waals surface area contributed by atoms with Gasteiger partial charge in [0.1, 0.15) is 23.9 Å². The second-order valence-electron chi connectivity index (χ2n) is 9.27. The normalized spacial score (nSPS) is 10.7. The number of phenolic OH excluding ortho intramolecular Hbond substituents is 1. The molecule has 0 aliphatic rings. The number of hydroxylamine groups is 1. The van der Waals surface area contributed by atoms with Gasteiger partial charge in [0.25, 0.3) is 5.91 Å². The maximum Gasteiger partial charge on any atom is 0.306 e. The number of carbonyl (C=O) groups excluding carboxylic acids is 3. The predicted octanol–water partition coefficient (Wildman–Crippen LogP) is 4.85. The SMILES string of the molecule is CCOC(=O)CCc1cc(C(=O)c2ccc(OCC(C)C)cc2O)ccc1OCc1ccc(C(=O)NO)cc1. The summed E-state index contributed by atoms with van der Waals surface area (Å²) in [4.78, 5) is 36.8. The molecule has 0 aliphatic carbocycles. The minimum absolute atomic E-state index is 0.0972. The number of carbonyl (C=O) groups is 3. The predicted molar refractivity (Wildman–Crippen MR) is 143 cm³/mol. The number of benzene rings is 3. The summed E-state index contributed by atoms with van der Waals surface area (Å²) in [5.41, 5.74) is 3.73. The third-order valence-electron chi connectivity index (χ3n) is 5.74. The summed E-state index contributed by atoms with van der Waals surface area (Å²) in [7, 11) is 0. The molecular weight excluding hydrogens is 502 g/mol. The molecular formula is C30H33NO8. The lowest BCUT2D eigenvalue weighted by Crippen LogP contribution is -2.18. The molecule has 0 radical (unpaired) electrons. The van der Waals surface area contributed by atoms with Crippen molar-refractivity contribution >= 4 is 17.7 Å². The van der Waals surface area contributed by atoms with Crippen LogP contribution in [-0.4, -0.2) is 41.2 Å². The van der Waals surface area contributed by atoms with Crippen LogP contribution in [0.25, 0.3) is 0 Å². The summed E-state index contributed by atoms with van der Waals surface area (Å²) >= 11 is 0. The van der Waals surface area contributed by atoms with Crippen LogP contribution in [0, 0.1) is 5.92 Å². The molecule has 3 rings (SSSR count). The van der Waals surface area contributed by atoms with Gasteiger partial charge in [0.15, 0.2) is 5.78 Å². The van der Waals surface area contributed by atoms with E-state index in [1.165, 1.54) is 12.1 Å². The number of ketones is 1. The Labute approximate surface area is 227 Å². The van der Waals surface area contributed by atoms with Crippen LogP contribution in [0.2, 0.25) is 0 Å². The Morgan fingerprint density at radius 2 is 1.64 bits per heavy atom. The number of hydrogen-bond donors (Lipinski definition) is 3. The number of amides is 1. The van der Waals surface area contributed by atoms with Crippen molar-refractivity contribution in [3.8, 4) is 17.2 Å². The molecule has 0 saturated heterocycles. The highest BCUT2D eigenvalue weighted by molar-refractivity contribution is 6.11. The molecule has 9 heteroatoms. The fourth-order valence-electron chi connectivity index (χ4n) is 3.72. The molecule has 0 aromatic heterocycles. The molecule has 0 fully saturated rings. The number of aromatic hydroxyl groups is 1. The maximum atomic E-state index is 13.3. The van der Waals surface area contributed by atoms with Gasteiger partial charge in [-0.3, -0.25) is 19.6 Å². The molecule has 0 unspecified atom stereocenters. The lowest BCUT2D eigenvalue weighted by Gasteiger charge is -2.14. The van der Waals surface area contributed by atoms with Crippen molar-refractivity contribution in [3.05, 3.63) is 88.5 Å². The zero-order valence-corrected chi connectivity index (χ0v) is 22.2. The van der Waals surface area contributed by atoms with Gasteiger partial charge in [-0.25, -0.2) is 5.48 Å². The lowest BCUT2D eigenvalue weighted by atomic mass is 9.98. The molecule has 0 saturated carbocycles. The summed E-state index contributed by atoms with van der Waals surface area (Å²) in [5.74, 6) is -0.288. The third-order valence-corrected chi connectivity index (χ3v) is 5.74. The Bertz CT molecular complexity index is 1300. The smallest absolute Gasteiger partial charge is 0.306 e. The zero-order chi connectivity index (χ0) is 28.4. The molecule has 3 aromatic rings. The summed E-state index contributed by atoms with van der Waals surface area (Å²) in [6, 6.07) is 16.0. The molecule has 39 heavy (non-hydrogen) atoms. The maximum absolute atomic E-state index is 13.3. The molecule has 0 bridgehead atoms. The van der Waals surface area contributed by atoms with Gasteiger partial charge in [-0.2, -0.15) is 0 Å². The average molecular weight is 536 g/mol. The van der Waals surface area contributed by atoms with Crippen LogP contribution in [0.4, 0.5) is 0 Å². The van der Waals surface area contributed by atoms with Crippen LogP contribution in [0.3, 0.4) is 0 Å². The number of phenols is 1. The van der Waals surface area contributed by atoms with Gasteiger partial charge in [-0.15, -0.1) is 0 Å². The standard InChI is InChI=1S/C30H33NO8/c1-4-37-28(33)14-10-22-15-23(29(34)25-12-11-24(16-26(25)32)38-17-19(2)3)9-13-27(22)39-18-20-5-7-21(8-6-20)30(35)31-36/h5-9,11-13,15-16,19,32,36H,4,10,14,17-18H2,1-3H3,(H,31,35). The first-order valence-corrected chi connectivity index (χ1v) is 12.7. The molecule has 0 aliphatic heterocycles. The number of hydrogen-bond acceptors (Lipinski definition) is 8. The Morgan fingerprint density at radius 1 is 0.923 bits per heavy atom. The van der Waals surface area contributed by atoms with E-state index in [-0.39, 0.29) is 49.1 Å². The number of esters is 1. The summed E-state index contributed by atoms with van der Waals surface area (Å²) < 4.78 is 16.7. The van der Waals surface area contributed by atoms with E-state index in [4.69, 9.17) is 19.4 Å². The fraction of sp³-hybridized carbons (Fsp3) is 0.300. The summed E-state index contributed by atoms with van der Waals surface area (Å²) in [6.45, 7) is 6.67. The summed E-state index contributed by atoms with van der Waals surface area (Å²) in [5, 5.41) is 19.3. The first kappa shape index (κ1) is 29.2. The number of ether oxygens (including phenoxy) is 3. The van der Waals surface area contributed by atoms with Gasteiger partial charge in [0, 0.05) is 23.6 Å². The van der Waals surface area contributed by atoms with Crippen LogP contribution in [0.1, 0.15) is 64.6 Å². The first-order valence-electron chi connectivity index (χ1n) is 12.7. The number of aryl methyl sites for hydroxylation is 1. The summed E-state index contributed by atoms with van der Waals surface area (Å²) in [6.07, 6.45) is 0.374. The number of rotatable bonds is 13. The van der Waals surface area contributed by atoms with E-state index in [9.17, 15) is 19.5 Å². The van der Waals surface area contributed by atoms with E-state index in [1.54, 1.807) is 60.9 Å². The lowest BCUT2D eigenvalue weighted by molar-refractivity contribution is -0.143. The van der Waals surface area contributed by atoms with Crippen molar-refractivity contribution < 1.29 is 38.9 Å². The molecule has 0 spiro atoms. The minimum atomic E-state index is -0.618. The minimum Gasteiger partial charge on any atom is -0.507 e. The van der Waals surface area contributed by atoms with Crippen LogP contribution in [-0.2, 0) is 22.6 Å². The number of nitrogens with one attached hydrogen (secondary N) is 1. The van der Waals surface area contributed by atoms with Crippen molar-refractivity contribution in [2.24, 2.45) is 5.92 Å². The Morgan fingerprint density at radius 3 is 2.28 bits per heavy atom. The van der Waals surface area contributed by atoms with E-state index in [0.29, 0.717) is 40.7 Å². The van der Waals surface area contributed by atoms with E-state index < -0.39 is 5.91 Å². The van der Waals surface area contributed by atoms with E-state index >= 15 is 0 Å². The van der Waals surface area contributed by atoms with Crippen LogP contribution in [0.5, 0.6) is 17.2 Å². The van der Waals surface area contributed by atoms with Gasteiger partial charge < -0.3 is 19.3 Å². The molecule has 0 atom stereocenters. The molecule has 3 aromatic carbocycles. The molecule has 1 amide bonds. The highest BCUT2D eigenvalue weighted by Gasteiger charge is 2.18. The zero-order valence-electron chi connectivity index (χ0n) is 22.2. The third kappa shape index (κ3) is 8.31. The molecule has 9 nitrogen and oxygen atoms in total. The van der Waals surface area contributed by atoms with Crippen LogP contribution in [0.15, 0.2) is 60.7 Å². The van der Waals surface area contributed by atoms with E-state index in [2.05, 4.69) is 0 Å². The van der Waals surface area contributed by atoms with Crippen molar-refractivity contribution in [1.82, 2.24) is 5.48 Å². The first-order chi connectivity index (χ1) is 18.7. The second kappa shape index (κ2) is 14.0. The Hall–Kier alpha value is -4.37. The van der Waals surface area contributed by atoms with Gasteiger partial charge in [-0.05, 0) is 72.9 Å². The topological polar surface area (TPSA) is 131 Å². The van der Waals surface area contributed by atoms with Crippen LogP contribution >= 0.6 is 0 Å². The molecule has 3 N–H and O–H groups in total. The molecule has 0 heterocycles. The van der Waals surface area contributed by atoms with E-state index in [1.807, 2.05) is 13.8 Å². The molecule has 206 valence electrons. The quantitative estimate of drug-likeness (QED) is 0.123. The monoisotopic (exact) mass is 535 g/mol. The van der Waals surface area contributed by atoms with Crippen molar-refractivity contribution in [3.63, 3.8) is 0 Å². The van der Waals surface area contributed by atoms with Gasteiger partial charge in [0.2, 0.25) is 0 Å². The van der Waals surface area contributed by atoms with E-state index in [0.717, 1.165) is 5.56 Å². The van der Waals surface area contributed by atoms with Crippen molar-refractivity contribution in [1.29, 1.82) is 0 Å². The van der Waals surface area contributed by atoms with Crippen molar-refractivity contribution in [2.45, 2.75) is 40.2 Å². The average Bonchev–Trinajstić information content (AvgIpc) is 2.93. The van der Waals surface area contributed by atoms with Crippen molar-refractivity contribution in [2.75, 3.05) is 13.2 Å². The highest BCUT2D eigenvalue weighted by Crippen LogP contribution is 2.29. The highest BCUT2D eigenvalue weighted by atomic mass is 16.5. The van der Waals surface area contributed by atoms with Gasteiger partial charge >= 0.3 is 5.97 Å². The Balaban J connectivity index is 1.81. The fourth-order valence-corrected chi connectivity index (χ4v) is 3.72. The van der Waals surface area contributed by atoms with Gasteiger partial charge in [-0.1, -0.05) is 26.0 Å². The second-order valence-corrected chi connectivity index (χ2v) is 9.27. The Kier molecular flexibility index (Phi) is 10.5. The van der Waals surface area contributed by atoms with Gasteiger partial charge in [0.05, 0.1) is 18.8 Å². The van der Waals surface area contributed by atoms with Crippen LogP contribution < -0.4 is 15.0 Å². The largest absolute Gasteiger partial charge is 0.507 e.